The van der Waals surface area contributed by atoms with E-state index in [2.05, 4.69) is 10.3 Å². The zero-order chi connectivity index (χ0) is 17.2. The fraction of sp³-hybridized carbons (Fsp3) is 0.474. The van der Waals surface area contributed by atoms with E-state index in [0.29, 0.717) is 11.7 Å². The van der Waals surface area contributed by atoms with Gasteiger partial charge in [-0.25, -0.2) is 9.37 Å². The summed E-state index contributed by atoms with van der Waals surface area (Å²) in [7, 11) is 0. The lowest BCUT2D eigenvalue weighted by atomic mass is 10.0. The molecule has 0 atom stereocenters. The van der Waals surface area contributed by atoms with Gasteiger partial charge in [0.25, 0.3) is 5.91 Å². The molecule has 1 saturated carbocycles. The summed E-state index contributed by atoms with van der Waals surface area (Å²) in [6, 6.07) is 6.75. The van der Waals surface area contributed by atoms with E-state index in [4.69, 9.17) is 0 Å². The first-order valence-corrected chi connectivity index (χ1v) is 9.81. The zero-order valence-electron chi connectivity index (χ0n) is 14.9. The summed E-state index contributed by atoms with van der Waals surface area (Å²) in [5.41, 5.74) is 1.34. The van der Waals surface area contributed by atoms with E-state index in [0.717, 1.165) is 49.0 Å². The maximum atomic E-state index is 13.0. The van der Waals surface area contributed by atoms with Gasteiger partial charge in [0, 0.05) is 30.1 Å². The predicted octanol–water partition coefficient (Wildman–Crippen LogP) is 4.40. The van der Waals surface area contributed by atoms with Gasteiger partial charge in [-0.2, -0.15) is 0 Å². The van der Waals surface area contributed by atoms with Crippen LogP contribution in [-0.4, -0.2) is 41.5 Å². The summed E-state index contributed by atoms with van der Waals surface area (Å²) in [6.07, 6.45) is 4.75. The third-order valence-electron chi connectivity index (χ3n) is 4.99. The van der Waals surface area contributed by atoms with Gasteiger partial charge in [0.05, 0.1) is 0 Å². The Kier molecular flexibility index (Phi) is 8.04. The van der Waals surface area contributed by atoms with Crippen LogP contribution in [0.4, 0.5) is 4.39 Å². The highest BCUT2D eigenvalue weighted by Crippen LogP contribution is 2.28. The monoisotopic (exact) mass is 431 g/mol. The molecule has 2 aliphatic rings. The predicted molar refractivity (Wildman–Crippen MR) is 112 cm³/mol. The van der Waals surface area contributed by atoms with E-state index >= 15 is 0 Å². The quantitative estimate of drug-likeness (QED) is 0.762. The molecule has 0 radical (unpaired) electrons. The molecule has 1 aliphatic heterocycles. The van der Waals surface area contributed by atoms with Crippen molar-refractivity contribution in [3.05, 3.63) is 41.2 Å². The van der Waals surface area contributed by atoms with Crippen LogP contribution in [0.1, 0.15) is 36.2 Å². The molecular formula is C19H24Cl2FN3OS. The molecule has 1 amide bonds. The minimum absolute atomic E-state index is 0. The van der Waals surface area contributed by atoms with Gasteiger partial charge < -0.3 is 10.2 Å². The van der Waals surface area contributed by atoms with Gasteiger partial charge in [-0.05, 0) is 62.4 Å². The molecule has 4 rings (SSSR count). The maximum Gasteiger partial charge on any atom is 0.273 e. The smallest absolute Gasteiger partial charge is 0.273 e. The van der Waals surface area contributed by atoms with Crippen LogP contribution >= 0.6 is 36.2 Å². The van der Waals surface area contributed by atoms with Crippen molar-refractivity contribution in [3.8, 4) is 10.6 Å². The van der Waals surface area contributed by atoms with Crippen LogP contribution in [0.5, 0.6) is 0 Å². The molecule has 2 aromatic rings. The highest BCUT2D eigenvalue weighted by molar-refractivity contribution is 7.13. The van der Waals surface area contributed by atoms with Crippen LogP contribution in [0.3, 0.4) is 0 Å². The van der Waals surface area contributed by atoms with Crippen molar-refractivity contribution in [2.75, 3.05) is 19.6 Å². The second-order valence-electron chi connectivity index (χ2n) is 6.96. The number of carbonyl (C=O) groups excluding carboxylic acids is 1. The average Bonchev–Trinajstić information content (AvgIpc) is 3.35. The molecule has 1 aromatic carbocycles. The Morgan fingerprint density at radius 2 is 1.81 bits per heavy atom. The molecule has 1 aliphatic carbocycles. The summed E-state index contributed by atoms with van der Waals surface area (Å²) in [6.45, 7) is 2.70. The highest BCUT2D eigenvalue weighted by atomic mass is 35.5. The van der Waals surface area contributed by atoms with Crippen molar-refractivity contribution in [2.24, 2.45) is 5.92 Å². The van der Waals surface area contributed by atoms with E-state index in [1.807, 2.05) is 4.90 Å². The number of rotatable bonds is 5. The Labute approximate surface area is 175 Å². The fourth-order valence-electron chi connectivity index (χ4n) is 3.20. The number of carbonyl (C=O) groups is 1. The van der Waals surface area contributed by atoms with Crippen LogP contribution in [0.2, 0.25) is 0 Å². The Morgan fingerprint density at radius 3 is 2.44 bits per heavy atom. The summed E-state index contributed by atoms with van der Waals surface area (Å²) >= 11 is 1.43. The van der Waals surface area contributed by atoms with Crippen molar-refractivity contribution < 1.29 is 9.18 Å². The number of hydrogen-bond donors (Lipinski definition) is 1. The van der Waals surface area contributed by atoms with Gasteiger partial charge in [-0.15, -0.1) is 36.2 Å². The number of amides is 1. The van der Waals surface area contributed by atoms with E-state index in [1.54, 1.807) is 17.5 Å². The number of hydrogen-bond acceptors (Lipinski definition) is 4. The van der Waals surface area contributed by atoms with Crippen LogP contribution in [0.15, 0.2) is 29.6 Å². The van der Waals surface area contributed by atoms with Crippen LogP contribution < -0.4 is 5.32 Å². The number of thiazole rings is 1. The van der Waals surface area contributed by atoms with Gasteiger partial charge in [0.2, 0.25) is 0 Å². The number of nitrogens with zero attached hydrogens (tertiary/aromatic N) is 2. The van der Waals surface area contributed by atoms with Crippen LogP contribution in [0.25, 0.3) is 10.6 Å². The summed E-state index contributed by atoms with van der Waals surface area (Å²) in [4.78, 5) is 19.0. The number of benzene rings is 1. The largest absolute Gasteiger partial charge is 0.337 e. The third-order valence-corrected chi connectivity index (χ3v) is 5.88. The Hall–Kier alpha value is -1.21. The summed E-state index contributed by atoms with van der Waals surface area (Å²) in [5, 5.41) is 6.19. The number of piperidine rings is 1. The van der Waals surface area contributed by atoms with E-state index in [-0.39, 0.29) is 36.5 Å². The van der Waals surface area contributed by atoms with Gasteiger partial charge in [-0.3, -0.25) is 4.79 Å². The minimum atomic E-state index is -0.269. The first-order chi connectivity index (χ1) is 12.2. The van der Waals surface area contributed by atoms with Crippen molar-refractivity contribution in [1.29, 1.82) is 0 Å². The van der Waals surface area contributed by atoms with Crippen molar-refractivity contribution >= 4 is 42.1 Å². The molecule has 2 fully saturated rings. The lowest BCUT2D eigenvalue weighted by molar-refractivity contribution is 0.0700. The summed E-state index contributed by atoms with van der Waals surface area (Å²) in [5.74, 6) is 0.625. The first-order valence-electron chi connectivity index (χ1n) is 8.93. The van der Waals surface area contributed by atoms with Gasteiger partial charge in [-0.1, -0.05) is 0 Å². The number of likely N-dealkylation sites (tertiary alicyclic amines) is 1. The molecule has 0 bridgehead atoms. The molecule has 27 heavy (non-hydrogen) atoms. The van der Waals surface area contributed by atoms with Crippen LogP contribution in [0, 0.1) is 11.7 Å². The van der Waals surface area contributed by atoms with Crippen molar-refractivity contribution in [1.82, 2.24) is 15.2 Å². The highest BCUT2D eigenvalue weighted by Gasteiger charge is 2.27. The van der Waals surface area contributed by atoms with Gasteiger partial charge in [0.15, 0.2) is 0 Å². The molecule has 1 N–H and O–H groups in total. The number of halogens is 3. The Morgan fingerprint density at radius 1 is 1.15 bits per heavy atom. The van der Waals surface area contributed by atoms with Crippen LogP contribution in [-0.2, 0) is 0 Å². The third kappa shape index (κ3) is 5.64. The molecule has 2 heterocycles. The SMILES string of the molecule is Cl.Cl.O=C(c1csc(-c2ccc(F)cc2)n1)N1CCC(NCC2CC2)CC1. The van der Waals surface area contributed by atoms with Crippen molar-refractivity contribution in [2.45, 2.75) is 31.7 Å². The fourth-order valence-corrected chi connectivity index (χ4v) is 4.00. The molecule has 8 heteroatoms. The second kappa shape index (κ2) is 9.82. The number of nitrogens with one attached hydrogen (secondary N) is 1. The Balaban J connectivity index is 0.00000131. The molecule has 0 unspecified atom stereocenters. The minimum Gasteiger partial charge on any atom is -0.337 e. The lowest BCUT2D eigenvalue weighted by Crippen LogP contribution is -2.45. The van der Waals surface area contributed by atoms with Crippen molar-refractivity contribution in [3.63, 3.8) is 0 Å². The van der Waals surface area contributed by atoms with E-state index in [9.17, 15) is 9.18 Å². The Bertz CT molecular complexity index is 744. The second-order valence-corrected chi connectivity index (χ2v) is 7.82. The molecule has 1 aromatic heterocycles. The van der Waals surface area contributed by atoms with E-state index < -0.39 is 0 Å². The lowest BCUT2D eigenvalue weighted by Gasteiger charge is -2.32. The topological polar surface area (TPSA) is 45.2 Å². The summed E-state index contributed by atoms with van der Waals surface area (Å²) < 4.78 is 13.0. The number of aromatic nitrogens is 1. The average molecular weight is 432 g/mol. The molecule has 0 spiro atoms. The standard InChI is InChI=1S/C19H22FN3OS.2ClH/c20-15-5-3-14(4-6-15)18-22-17(12-25-18)19(24)23-9-7-16(8-10-23)21-11-13-1-2-13;;/h3-6,12-13,16,21H,1-2,7-11H2;2*1H. The van der Waals surface area contributed by atoms with Gasteiger partial charge >= 0.3 is 0 Å². The maximum absolute atomic E-state index is 13.0. The first kappa shape index (κ1) is 22.1. The molecular weight excluding hydrogens is 408 g/mol. The molecule has 4 nitrogen and oxygen atoms in total. The van der Waals surface area contributed by atoms with Gasteiger partial charge in [0.1, 0.15) is 16.5 Å². The normalized spacial score (nSPS) is 17.1. The molecule has 1 saturated heterocycles. The molecule has 148 valence electrons. The zero-order valence-corrected chi connectivity index (χ0v) is 17.3. The van der Waals surface area contributed by atoms with E-state index in [1.165, 1.54) is 36.3 Å².